The highest BCUT2D eigenvalue weighted by Gasteiger charge is 2.25. The van der Waals surface area contributed by atoms with Gasteiger partial charge in [0.2, 0.25) is 5.95 Å². The summed E-state index contributed by atoms with van der Waals surface area (Å²) in [6.07, 6.45) is 5.09. The Kier molecular flexibility index (Phi) is 3.84. The zero-order chi connectivity index (χ0) is 12.3. The van der Waals surface area contributed by atoms with Crippen molar-refractivity contribution in [3.05, 3.63) is 24.5 Å². The van der Waals surface area contributed by atoms with Gasteiger partial charge in [0.15, 0.2) is 0 Å². The number of nitrogens with zero attached hydrogens (tertiary/aromatic N) is 2. The molecule has 0 aromatic carbocycles. The molecule has 0 aliphatic carbocycles. The van der Waals surface area contributed by atoms with Crippen molar-refractivity contribution in [2.75, 3.05) is 25.1 Å². The molecule has 0 radical (unpaired) electrons. The third-order valence-corrected chi connectivity index (χ3v) is 3.34. The van der Waals surface area contributed by atoms with Gasteiger partial charge in [0.25, 0.3) is 0 Å². The smallest absolute Gasteiger partial charge is 0.203 e. The highest BCUT2D eigenvalue weighted by molar-refractivity contribution is 5.30. The second-order valence-electron chi connectivity index (χ2n) is 4.65. The van der Waals surface area contributed by atoms with Crippen LogP contribution in [0.2, 0.25) is 0 Å². The monoisotopic (exact) mass is 235 g/mol. The van der Waals surface area contributed by atoms with E-state index in [0.29, 0.717) is 12.0 Å². The van der Waals surface area contributed by atoms with E-state index in [1.54, 1.807) is 0 Å². The maximum absolute atomic E-state index is 5.46. The summed E-state index contributed by atoms with van der Waals surface area (Å²) in [5.41, 5.74) is 1.04. The first-order valence-electron chi connectivity index (χ1n) is 6.20. The van der Waals surface area contributed by atoms with Gasteiger partial charge in [-0.15, -0.1) is 6.58 Å². The molecule has 4 heteroatoms. The van der Waals surface area contributed by atoms with Crippen LogP contribution in [0.15, 0.2) is 18.9 Å². The average Bonchev–Trinajstić information content (AvgIpc) is 2.94. The predicted octanol–water partition coefficient (Wildman–Crippen LogP) is 2.39. The van der Waals surface area contributed by atoms with Crippen molar-refractivity contribution in [2.45, 2.75) is 26.3 Å². The van der Waals surface area contributed by atoms with Crippen LogP contribution in [0.5, 0.6) is 0 Å². The fraction of sp³-hybridized carbons (Fsp3) is 0.615. The Labute approximate surface area is 103 Å². The second kappa shape index (κ2) is 5.36. The van der Waals surface area contributed by atoms with E-state index in [4.69, 9.17) is 4.74 Å². The van der Waals surface area contributed by atoms with Crippen LogP contribution in [0.4, 0.5) is 5.95 Å². The number of nitrogens with one attached hydrogen (secondary N) is 1. The lowest BCUT2D eigenvalue weighted by molar-refractivity contribution is 0.175. The third kappa shape index (κ3) is 2.69. The van der Waals surface area contributed by atoms with Gasteiger partial charge in [-0.05, 0) is 20.3 Å². The van der Waals surface area contributed by atoms with Crippen LogP contribution in [0.1, 0.15) is 25.1 Å². The van der Waals surface area contributed by atoms with Crippen molar-refractivity contribution >= 4 is 5.95 Å². The molecule has 1 saturated heterocycles. The van der Waals surface area contributed by atoms with Gasteiger partial charge in [-0.2, -0.15) is 0 Å². The minimum atomic E-state index is 0.422. The zero-order valence-corrected chi connectivity index (χ0v) is 10.6. The van der Waals surface area contributed by atoms with Gasteiger partial charge >= 0.3 is 0 Å². The van der Waals surface area contributed by atoms with Gasteiger partial charge in [0, 0.05) is 31.3 Å². The van der Waals surface area contributed by atoms with E-state index in [9.17, 15) is 0 Å². The summed E-state index contributed by atoms with van der Waals surface area (Å²) >= 11 is 0. The van der Waals surface area contributed by atoms with Crippen molar-refractivity contribution in [1.29, 1.82) is 0 Å². The highest BCUT2D eigenvalue weighted by atomic mass is 16.5. The van der Waals surface area contributed by atoms with Gasteiger partial charge in [-0.3, -0.25) is 0 Å². The first kappa shape index (κ1) is 12.2. The quantitative estimate of drug-likeness (QED) is 0.796. The number of rotatable bonds is 5. The molecule has 0 bridgehead atoms. The molecule has 1 aromatic rings. The lowest BCUT2D eigenvalue weighted by Crippen LogP contribution is -2.18. The summed E-state index contributed by atoms with van der Waals surface area (Å²) in [4.78, 5) is 4.50. The van der Waals surface area contributed by atoms with Crippen LogP contribution >= 0.6 is 0 Å². The molecule has 2 rings (SSSR count). The molecular weight excluding hydrogens is 214 g/mol. The summed E-state index contributed by atoms with van der Waals surface area (Å²) in [6.45, 7) is 10.5. The molecule has 0 spiro atoms. The van der Waals surface area contributed by atoms with Gasteiger partial charge in [0.1, 0.15) is 0 Å². The summed E-state index contributed by atoms with van der Waals surface area (Å²) in [5, 5.41) is 3.28. The van der Waals surface area contributed by atoms with E-state index in [-0.39, 0.29) is 0 Å². The number of hydrogen-bond acceptors (Lipinski definition) is 3. The molecule has 1 aliphatic heterocycles. The molecule has 1 fully saturated rings. The van der Waals surface area contributed by atoms with E-state index in [2.05, 4.69) is 34.6 Å². The highest BCUT2D eigenvalue weighted by Crippen LogP contribution is 2.28. The first-order valence-corrected chi connectivity index (χ1v) is 6.20. The van der Waals surface area contributed by atoms with Crippen molar-refractivity contribution in [3.63, 3.8) is 0 Å². The molecule has 0 saturated carbocycles. The zero-order valence-electron chi connectivity index (χ0n) is 10.6. The first-order chi connectivity index (χ1) is 8.22. The molecule has 2 heterocycles. The predicted molar refractivity (Wildman–Crippen MR) is 69.3 cm³/mol. The molecule has 2 atom stereocenters. The Morgan fingerprint density at radius 2 is 2.59 bits per heavy atom. The Morgan fingerprint density at radius 3 is 3.24 bits per heavy atom. The summed E-state index contributed by atoms with van der Waals surface area (Å²) in [6, 6.07) is 0.422. The van der Waals surface area contributed by atoms with E-state index >= 15 is 0 Å². The van der Waals surface area contributed by atoms with Crippen molar-refractivity contribution in [2.24, 2.45) is 5.92 Å². The maximum Gasteiger partial charge on any atom is 0.203 e. The summed E-state index contributed by atoms with van der Waals surface area (Å²) < 4.78 is 7.68. The number of aryl methyl sites for hydroxylation is 1. The standard InChI is InChI=1S/C13H21N3O/c1-4-6-14-13-15-10(2)8-16(13)11(3)12-5-7-17-9-12/h4,8,11-12H,1,5-7,9H2,2-3H3,(H,14,15). The fourth-order valence-corrected chi connectivity index (χ4v) is 2.28. The largest absolute Gasteiger partial charge is 0.381 e. The maximum atomic E-state index is 5.46. The number of ether oxygens (including phenoxy) is 1. The van der Waals surface area contributed by atoms with Crippen LogP contribution < -0.4 is 5.32 Å². The van der Waals surface area contributed by atoms with Crippen LogP contribution in [0.25, 0.3) is 0 Å². The molecule has 17 heavy (non-hydrogen) atoms. The van der Waals surface area contributed by atoms with Crippen molar-refractivity contribution < 1.29 is 4.74 Å². The average molecular weight is 235 g/mol. The lowest BCUT2D eigenvalue weighted by atomic mass is 10.0. The van der Waals surface area contributed by atoms with E-state index in [0.717, 1.165) is 37.8 Å². The summed E-state index contributed by atoms with van der Waals surface area (Å²) in [5.74, 6) is 1.52. The molecule has 0 amide bonds. The molecule has 1 aromatic heterocycles. The van der Waals surface area contributed by atoms with E-state index in [1.165, 1.54) is 0 Å². The van der Waals surface area contributed by atoms with Crippen molar-refractivity contribution in [1.82, 2.24) is 9.55 Å². The van der Waals surface area contributed by atoms with Gasteiger partial charge in [-0.1, -0.05) is 6.08 Å². The Bertz CT molecular complexity index is 380. The van der Waals surface area contributed by atoms with Crippen LogP contribution in [-0.4, -0.2) is 29.3 Å². The van der Waals surface area contributed by atoms with E-state index in [1.807, 2.05) is 13.0 Å². The number of aromatic nitrogens is 2. The van der Waals surface area contributed by atoms with Gasteiger partial charge in [-0.25, -0.2) is 4.98 Å². The molecule has 2 unspecified atom stereocenters. The van der Waals surface area contributed by atoms with Gasteiger partial charge < -0.3 is 14.6 Å². The number of hydrogen-bond donors (Lipinski definition) is 1. The third-order valence-electron chi connectivity index (χ3n) is 3.34. The van der Waals surface area contributed by atoms with E-state index < -0.39 is 0 Å². The molecule has 1 aliphatic rings. The second-order valence-corrected chi connectivity index (χ2v) is 4.65. The SMILES string of the molecule is C=CCNc1nc(C)cn1C(C)C1CCOC1. The Hall–Kier alpha value is -1.29. The van der Waals surface area contributed by atoms with Crippen LogP contribution in [-0.2, 0) is 4.74 Å². The minimum absolute atomic E-state index is 0.422. The lowest BCUT2D eigenvalue weighted by Gasteiger charge is -2.21. The minimum Gasteiger partial charge on any atom is -0.381 e. The van der Waals surface area contributed by atoms with Crippen LogP contribution in [0, 0.1) is 12.8 Å². The van der Waals surface area contributed by atoms with Crippen molar-refractivity contribution in [3.8, 4) is 0 Å². The van der Waals surface area contributed by atoms with Crippen LogP contribution in [0.3, 0.4) is 0 Å². The number of imidazole rings is 1. The Morgan fingerprint density at radius 1 is 1.76 bits per heavy atom. The summed E-state index contributed by atoms with van der Waals surface area (Å²) in [7, 11) is 0. The molecular formula is C13H21N3O. The number of anilines is 1. The fourth-order valence-electron chi connectivity index (χ4n) is 2.28. The molecule has 1 N–H and O–H groups in total. The molecule has 94 valence electrons. The molecule has 4 nitrogen and oxygen atoms in total. The van der Waals surface area contributed by atoms with Gasteiger partial charge in [0.05, 0.1) is 12.3 Å². The normalized spacial score (nSPS) is 21.4. The topological polar surface area (TPSA) is 39.1 Å². The Balaban J connectivity index is 2.14.